The van der Waals surface area contributed by atoms with Gasteiger partial charge in [0.05, 0.1) is 18.2 Å². The zero-order valence-corrected chi connectivity index (χ0v) is 12.3. The molecule has 3 rings (SSSR count). The molecule has 1 aliphatic carbocycles. The summed E-state index contributed by atoms with van der Waals surface area (Å²) in [6, 6.07) is 1.53. The van der Waals surface area contributed by atoms with Crippen LogP contribution in [-0.4, -0.2) is 39.8 Å². The van der Waals surface area contributed by atoms with Gasteiger partial charge in [-0.25, -0.2) is 9.87 Å². The van der Waals surface area contributed by atoms with E-state index in [9.17, 15) is 22.4 Å². The van der Waals surface area contributed by atoms with Gasteiger partial charge in [-0.05, 0) is 17.5 Å². The van der Waals surface area contributed by atoms with Crippen LogP contribution >= 0.6 is 0 Å². The third-order valence-corrected chi connectivity index (χ3v) is 4.70. The van der Waals surface area contributed by atoms with E-state index in [4.69, 9.17) is 5.21 Å². The van der Waals surface area contributed by atoms with Crippen molar-refractivity contribution >= 4 is 5.91 Å². The van der Waals surface area contributed by atoms with Crippen LogP contribution in [0.3, 0.4) is 0 Å². The van der Waals surface area contributed by atoms with Crippen LogP contribution in [0.25, 0.3) is 0 Å². The maximum Gasteiger partial charge on any atom is 0.401 e. The summed E-state index contributed by atoms with van der Waals surface area (Å²) < 4.78 is 53.4. The number of rotatable bonds is 3. The van der Waals surface area contributed by atoms with Crippen molar-refractivity contribution in [1.29, 1.82) is 0 Å². The molecular formula is C14H17F4N3O2. The van der Waals surface area contributed by atoms with Crippen LogP contribution in [0.1, 0.15) is 30.4 Å². The number of carbonyl (C=O) groups excluding carboxylic acids is 1. The second-order valence-corrected chi connectivity index (χ2v) is 6.20. The number of amides is 1. The smallest absolute Gasteiger partial charge is 0.346 e. The lowest BCUT2D eigenvalue weighted by atomic mass is 10.1. The Hall–Kier alpha value is -1.61. The maximum atomic E-state index is 14.4. The van der Waals surface area contributed by atoms with E-state index >= 15 is 0 Å². The first-order valence-corrected chi connectivity index (χ1v) is 7.31. The van der Waals surface area contributed by atoms with E-state index in [0.717, 1.165) is 10.5 Å². The van der Waals surface area contributed by atoms with Crippen molar-refractivity contribution in [3.8, 4) is 0 Å². The fourth-order valence-electron chi connectivity index (χ4n) is 3.50. The summed E-state index contributed by atoms with van der Waals surface area (Å²) in [4.78, 5) is 12.3. The number of aromatic nitrogens is 1. The normalized spacial score (nSPS) is 30.9. The summed E-state index contributed by atoms with van der Waals surface area (Å²) >= 11 is 0. The quantitative estimate of drug-likeness (QED) is 0.385. The number of carbonyl (C=O) groups is 1. The van der Waals surface area contributed by atoms with Gasteiger partial charge in [0.1, 0.15) is 0 Å². The molecule has 0 radical (unpaired) electrons. The van der Waals surface area contributed by atoms with Gasteiger partial charge in [-0.1, -0.05) is 6.92 Å². The lowest BCUT2D eigenvalue weighted by Crippen LogP contribution is -2.41. The van der Waals surface area contributed by atoms with Crippen LogP contribution in [0.5, 0.6) is 0 Å². The third-order valence-electron chi connectivity index (χ3n) is 4.70. The molecule has 2 aliphatic rings. The maximum absolute atomic E-state index is 14.4. The summed E-state index contributed by atoms with van der Waals surface area (Å²) in [7, 11) is 0. The van der Waals surface area contributed by atoms with E-state index in [1.807, 2.05) is 6.92 Å². The summed E-state index contributed by atoms with van der Waals surface area (Å²) in [6.45, 7) is 0.792. The Morgan fingerprint density at radius 1 is 1.43 bits per heavy atom. The van der Waals surface area contributed by atoms with E-state index in [2.05, 4.69) is 0 Å². The number of hydrogen-bond acceptors (Lipinski definition) is 3. The van der Waals surface area contributed by atoms with Gasteiger partial charge < -0.3 is 4.57 Å². The van der Waals surface area contributed by atoms with Crippen molar-refractivity contribution in [1.82, 2.24) is 14.9 Å². The lowest BCUT2D eigenvalue weighted by molar-refractivity contribution is -0.162. The highest BCUT2D eigenvalue weighted by Gasteiger charge is 2.53. The fourth-order valence-corrected chi connectivity index (χ4v) is 3.50. The summed E-state index contributed by atoms with van der Waals surface area (Å²) in [6.07, 6.45) is -4.58. The highest BCUT2D eigenvalue weighted by Crippen LogP contribution is 2.54. The van der Waals surface area contributed by atoms with Gasteiger partial charge in [0.15, 0.2) is 6.30 Å². The molecule has 23 heavy (non-hydrogen) atoms. The van der Waals surface area contributed by atoms with E-state index in [0.29, 0.717) is 0 Å². The third kappa shape index (κ3) is 2.94. The number of fused-ring (bicyclic) bond motifs is 1. The highest BCUT2D eigenvalue weighted by atomic mass is 19.4. The Bertz CT molecular complexity index is 616. The van der Waals surface area contributed by atoms with E-state index in [-0.39, 0.29) is 30.6 Å². The van der Waals surface area contributed by atoms with Crippen molar-refractivity contribution in [2.24, 2.45) is 11.8 Å². The van der Waals surface area contributed by atoms with Crippen LogP contribution in [0.2, 0.25) is 0 Å². The first-order valence-electron chi connectivity index (χ1n) is 7.31. The molecule has 2 N–H and O–H groups in total. The van der Waals surface area contributed by atoms with Gasteiger partial charge in [-0.2, -0.15) is 13.2 Å². The van der Waals surface area contributed by atoms with Crippen LogP contribution < -0.4 is 5.48 Å². The van der Waals surface area contributed by atoms with Gasteiger partial charge in [-0.3, -0.25) is 14.9 Å². The number of halogens is 4. The number of hydroxylamine groups is 1. The first kappa shape index (κ1) is 16.3. The highest BCUT2D eigenvalue weighted by molar-refractivity contribution is 5.82. The Balaban J connectivity index is 1.78. The van der Waals surface area contributed by atoms with E-state index in [1.54, 1.807) is 16.2 Å². The number of alkyl halides is 4. The van der Waals surface area contributed by atoms with Gasteiger partial charge in [0, 0.05) is 25.2 Å². The molecule has 4 atom stereocenters. The molecule has 1 aromatic heterocycles. The molecule has 128 valence electrons. The topological polar surface area (TPSA) is 57.5 Å². The molecule has 1 amide bonds. The van der Waals surface area contributed by atoms with E-state index < -0.39 is 30.8 Å². The molecule has 0 bridgehead atoms. The van der Waals surface area contributed by atoms with Crippen LogP contribution in [0.4, 0.5) is 17.6 Å². The van der Waals surface area contributed by atoms with Gasteiger partial charge in [0.2, 0.25) is 5.91 Å². The van der Waals surface area contributed by atoms with Crippen molar-refractivity contribution < 1.29 is 27.6 Å². The number of nitrogens with one attached hydrogen (secondary N) is 1. The molecule has 1 fully saturated rings. The summed E-state index contributed by atoms with van der Waals surface area (Å²) in [5, 5.41) is 8.70. The second-order valence-electron chi connectivity index (χ2n) is 6.20. The Labute approximate surface area is 129 Å². The molecule has 2 heterocycles. The van der Waals surface area contributed by atoms with Gasteiger partial charge in [0.25, 0.3) is 0 Å². The van der Waals surface area contributed by atoms with Crippen molar-refractivity contribution in [2.75, 3.05) is 13.1 Å². The van der Waals surface area contributed by atoms with Gasteiger partial charge >= 0.3 is 6.18 Å². The Morgan fingerprint density at radius 3 is 2.74 bits per heavy atom. The van der Waals surface area contributed by atoms with Crippen LogP contribution in [0.15, 0.2) is 12.3 Å². The van der Waals surface area contributed by atoms with E-state index in [1.165, 1.54) is 6.07 Å². The molecule has 0 spiro atoms. The fraction of sp³-hybridized carbons (Fsp3) is 0.643. The molecule has 1 aliphatic heterocycles. The molecular weight excluding hydrogens is 318 g/mol. The largest absolute Gasteiger partial charge is 0.401 e. The monoisotopic (exact) mass is 335 g/mol. The van der Waals surface area contributed by atoms with Crippen LogP contribution in [0, 0.1) is 11.8 Å². The molecule has 1 saturated carbocycles. The minimum Gasteiger partial charge on any atom is -0.346 e. The summed E-state index contributed by atoms with van der Waals surface area (Å²) in [5.41, 5.74) is 2.51. The predicted molar refractivity (Wildman–Crippen MR) is 71.2 cm³/mol. The Kier molecular flexibility index (Phi) is 3.88. The minimum atomic E-state index is -4.45. The van der Waals surface area contributed by atoms with Crippen molar-refractivity contribution in [3.05, 3.63) is 23.5 Å². The standard InChI is InChI=1S/C14H17F4N3O2/c1-7-10(11(7)13(22)19-23)8-4-9-12(15)21(6-14(16,17)18)3-2-20(9)5-8/h4-5,7,10-12,23H,2-3,6H2,1H3,(H,19,22). The van der Waals surface area contributed by atoms with Crippen LogP contribution in [-0.2, 0) is 11.3 Å². The molecule has 0 saturated heterocycles. The molecule has 4 unspecified atom stereocenters. The number of hydrogen-bond donors (Lipinski definition) is 2. The second kappa shape index (κ2) is 5.48. The average molecular weight is 335 g/mol. The Morgan fingerprint density at radius 2 is 2.13 bits per heavy atom. The zero-order valence-electron chi connectivity index (χ0n) is 12.3. The van der Waals surface area contributed by atoms with Crippen molar-refractivity contribution in [2.45, 2.75) is 31.9 Å². The van der Waals surface area contributed by atoms with Crippen molar-refractivity contribution in [3.63, 3.8) is 0 Å². The first-order chi connectivity index (χ1) is 10.7. The molecule has 1 aromatic rings. The number of nitrogens with zero attached hydrogens (tertiary/aromatic N) is 2. The predicted octanol–water partition coefficient (Wildman–Crippen LogP) is 2.19. The molecule has 0 aromatic carbocycles. The van der Waals surface area contributed by atoms with Gasteiger partial charge in [-0.15, -0.1) is 0 Å². The zero-order chi connectivity index (χ0) is 16.9. The molecule has 5 nitrogen and oxygen atoms in total. The average Bonchev–Trinajstić information content (AvgIpc) is 2.94. The molecule has 9 heteroatoms. The summed E-state index contributed by atoms with van der Waals surface area (Å²) in [5.74, 6) is -1.05. The lowest BCUT2D eigenvalue weighted by Gasteiger charge is -2.32. The minimum absolute atomic E-state index is 0.00376. The SMILES string of the molecule is CC1C(C(=O)NO)C1c1cc2n(c1)CCN(CC(F)(F)F)C2F.